The Bertz CT molecular complexity index is 876. The van der Waals surface area contributed by atoms with Gasteiger partial charge in [-0.3, -0.25) is 0 Å². The summed E-state index contributed by atoms with van der Waals surface area (Å²) in [4.78, 5) is 7.64. The van der Waals surface area contributed by atoms with Crippen LogP contribution in [0.5, 0.6) is 0 Å². The second kappa shape index (κ2) is 6.00. The number of nitrogens with zero attached hydrogens (tertiary/aromatic N) is 1. The first-order valence-corrected chi connectivity index (χ1v) is 7.46. The maximum Gasteiger partial charge on any atom is 0.416 e. The molecule has 0 radical (unpaired) electrons. The molecule has 7 heteroatoms. The van der Waals surface area contributed by atoms with Gasteiger partial charge in [0, 0.05) is 10.9 Å². The molecule has 1 N–H and O–H groups in total. The van der Waals surface area contributed by atoms with E-state index in [0.29, 0.717) is 21.7 Å². The predicted octanol–water partition coefficient (Wildman–Crippen LogP) is 5.13. The molecule has 1 heterocycles. The monoisotopic (exact) mass is 338 g/mol. The third-order valence-corrected chi connectivity index (χ3v) is 3.89. The van der Waals surface area contributed by atoms with Crippen LogP contribution >= 0.6 is 11.3 Å². The molecule has 2 aromatic carbocycles. The van der Waals surface area contributed by atoms with Crippen molar-refractivity contribution in [3.05, 3.63) is 70.1 Å². The fourth-order valence-electron chi connectivity index (χ4n) is 2.00. The van der Waals surface area contributed by atoms with Crippen molar-refractivity contribution in [2.24, 2.45) is 4.99 Å². The van der Waals surface area contributed by atoms with Gasteiger partial charge in [-0.15, -0.1) is 11.3 Å². The van der Waals surface area contributed by atoms with Gasteiger partial charge in [0.15, 0.2) is 4.80 Å². The molecule has 0 aliphatic carbocycles. The van der Waals surface area contributed by atoms with Crippen LogP contribution in [0.25, 0.3) is 11.3 Å². The van der Waals surface area contributed by atoms with Crippen LogP contribution in [0.15, 0.2) is 58.9 Å². The molecule has 0 bridgehead atoms. The molecule has 3 rings (SSSR count). The Morgan fingerprint density at radius 1 is 0.957 bits per heavy atom. The molecule has 0 atom stereocenters. The normalized spacial score (nSPS) is 12.6. The van der Waals surface area contributed by atoms with Gasteiger partial charge < -0.3 is 4.98 Å². The van der Waals surface area contributed by atoms with E-state index in [-0.39, 0.29) is 5.82 Å². The number of hydrogen-bond acceptors (Lipinski definition) is 2. The third-order valence-electron chi connectivity index (χ3n) is 3.12. The zero-order valence-electron chi connectivity index (χ0n) is 11.6. The second-order valence-electron chi connectivity index (χ2n) is 4.72. The van der Waals surface area contributed by atoms with Crippen LogP contribution in [-0.4, -0.2) is 4.98 Å². The summed E-state index contributed by atoms with van der Waals surface area (Å²) in [5, 5.41) is 1.71. The smallest absolute Gasteiger partial charge is 0.330 e. The third kappa shape index (κ3) is 3.50. The van der Waals surface area contributed by atoms with Gasteiger partial charge in [-0.1, -0.05) is 12.1 Å². The predicted molar refractivity (Wildman–Crippen MR) is 80.7 cm³/mol. The average Bonchev–Trinajstić information content (AvgIpc) is 2.95. The van der Waals surface area contributed by atoms with Crippen molar-refractivity contribution >= 4 is 17.0 Å². The molecule has 0 amide bonds. The summed E-state index contributed by atoms with van der Waals surface area (Å²) >= 11 is 1.25. The van der Waals surface area contributed by atoms with Crippen molar-refractivity contribution in [3.8, 4) is 11.3 Å². The quantitative estimate of drug-likeness (QED) is 0.627. The van der Waals surface area contributed by atoms with Crippen molar-refractivity contribution in [1.82, 2.24) is 4.98 Å². The molecule has 118 valence electrons. The summed E-state index contributed by atoms with van der Waals surface area (Å²) in [7, 11) is 0. The summed E-state index contributed by atoms with van der Waals surface area (Å²) in [5.74, 6) is -0.359. The van der Waals surface area contributed by atoms with Crippen molar-refractivity contribution in [2.75, 3.05) is 0 Å². The Balaban J connectivity index is 1.91. The molecular formula is C16H10F4N2S. The van der Waals surface area contributed by atoms with Crippen LogP contribution in [0.2, 0.25) is 0 Å². The standard InChI is InChI=1S/C16H10F4N2S/c17-13-4-2-1-3-12(13)14-9-23-15(22-14)21-11-7-5-10(6-8-11)16(18,19)20/h1-9H,(H,21,22). The second-order valence-corrected chi connectivity index (χ2v) is 5.57. The highest BCUT2D eigenvalue weighted by Crippen LogP contribution is 2.30. The summed E-state index contributed by atoms with van der Waals surface area (Å²) in [6.45, 7) is 0. The highest BCUT2D eigenvalue weighted by molar-refractivity contribution is 7.07. The van der Waals surface area contributed by atoms with Gasteiger partial charge in [0.05, 0.1) is 16.9 Å². The fraction of sp³-hybridized carbons (Fsp3) is 0.0625. The van der Waals surface area contributed by atoms with E-state index in [1.165, 1.54) is 29.5 Å². The molecule has 1 aromatic heterocycles. The van der Waals surface area contributed by atoms with Crippen molar-refractivity contribution < 1.29 is 17.6 Å². The minimum atomic E-state index is -4.37. The van der Waals surface area contributed by atoms with Crippen LogP contribution in [-0.2, 0) is 6.18 Å². The number of thiazole rings is 1. The molecule has 0 fully saturated rings. The van der Waals surface area contributed by atoms with Gasteiger partial charge in [-0.25, -0.2) is 9.38 Å². The highest BCUT2D eigenvalue weighted by Gasteiger charge is 2.29. The number of rotatable bonds is 2. The van der Waals surface area contributed by atoms with Crippen LogP contribution in [0, 0.1) is 5.82 Å². The van der Waals surface area contributed by atoms with Gasteiger partial charge in [-0.05, 0) is 36.4 Å². The molecule has 0 saturated heterocycles. The Kier molecular flexibility index (Phi) is 4.04. The van der Waals surface area contributed by atoms with Gasteiger partial charge in [-0.2, -0.15) is 13.2 Å². The molecule has 0 unspecified atom stereocenters. The van der Waals surface area contributed by atoms with E-state index < -0.39 is 11.7 Å². The lowest BCUT2D eigenvalue weighted by atomic mass is 10.2. The van der Waals surface area contributed by atoms with Gasteiger partial charge >= 0.3 is 6.18 Å². The van der Waals surface area contributed by atoms with E-state index in [2.05, 4.69) is 9.98 Å². The Hall–Kier alpha value is -2.41. The lowest BCUT2D eigenvalue weighted by molar-refractivity contribution is -0.137. The molecule has 0 saturated carbocycles. The first-order valence-electron chi connectivity index (χ1n) is 6.58. The maximum atomic E-state index is 13.7. The van der Waals surface area contributed by atoms with E-state index in [1.54, 1.807) is 23.6 Å². The van der Waals surface area contributed by atoms with Crippen LogP contribution in [0.4, 0.5) is 23.2 Å². The van der Waals surface area contributed by atoms with E-state index in [1.807, 2.05) is 0 Å². The van der Waals surface area contributed by atoms with Crippen molar-refractivity contribution in [2.45, 2.75) is 6.18 Å². The number of nitrogens with one attached hydrogen (secondary N) is 1. The molecule has 3 aromatic rings. The molecular weight excluding hydrogens is 328 g/mol. The first-order chi connectivity index (χ1) is 10.9. The largest absolute Gasteiger partial charge is 0.416 e. The number of alkyl halides is 3. The summed E-state index contributed by atoms with van der Waals surface area (Å²) in [6, 6.07) is 10.8. The van der Waals surface area contributed by atoms with E-state index >= 15 is 0 Å². The van der Waals surface area contributed by atoms with Gasteiger partial charge in [0.1, 0.15) is 5.82 Å². The zero-order chi connectivity index (χ0) is 16.4. The number of halogens is 4. The minimum absolute atomic E-state index is 0.359. The van der Waals surface area contributed by atoms with Crippen molar-refractivity contribution in [3.63, 3.8) is 0 Å². The molecule has 2 nitrogen and oxygen atoms in total. The average molecular weight is 338 g/mol. The van der Waals surface area contributed by atoms with Crippen molar-refractivity contribution in [1.29, 1.82) is 0 Å². The minimum Gasteiger partial charge on any atom is -0.330 e. The number of benzene rings is 2. The van der Waals surface area contributed by atoms with E-state index in [4.69, 9.17) is 0 Å². The molecule has 23 heavy (non-hydrogen) atoms. The molecule has 0 aliphatic rings. The summed E-state index contributed by atoms with van der Waals surface area (Å²) in [6.07, 6.45) is -4.37. The number of H-pyrrole nitrogens is 1. The SMILES string of the molecule is Fc1ccccc1-c1csc(=Nc2ccc(C(F)(F)F)cc2)[nH]1. The van der Waals surface area contributed by atoms with E-state index in [0.717, 1.165) is 12.1 Å². The van der Waals surface area contributed by atoms with Crippen LogP contribution in [0.3, 0.4) is 0 Å². The lowest BCUT2D eigenvalue weighted by Crippen LogP contribution is -2.04. The maximum absolute atomic E-state index is 13.7. The Morgan fingerprint density at radius 3 is 2.30 bits per heavy atom. The fourth-order valence-corrected chi connectivity index (χ4v) is 2.74. The zero-order valence-corrected chi connectivity index (χ0v) is 12.4. The Morgan fingerprint density at radius 2 is 1.65 bits per heavy atom. The van der Waals surface area contributed by atoms with Crippen LogP contribution in [0.1, 0.15) is 5.56 Å². The summed E-state index contributed by atoms with van der Waals surface area (Å²) < 4.78 is 51.2. The number of aromatic amines is 1. The lowest BCUT2D eigenvalue weighted by Gasteiger charge is -2.05. The van der Waals surface area contributed by atoms with E-state index in [9.17, 15) is 17.6 Å². The topological polar surface area (TPSA) is 28.1 Å². The summed E-state index contributed by atoms with van der Waals surface area (Å²) in [5.41, 5.74) is 0.645. The molecule has 0 spiro atoms. The Labute approximate surface area is 132 Å². The molecule has 0 aliphatic heterocycles. The van der Waals surface area contributed by atoms with Crippen LogP contribution < -0.4 is 4.80 Å². The van der Waals surface area contributed by atoms with Gasteiger partial charge in [0.2, 0.25) is 0 Å². The first kappa shape index (κ1) is 15.5. The highest BCUT2D eigenvalue weighted by atomic mass is 32.1. The number of hydrogen-bond donors (Lipinski definition) is 1. The van der Waals surface area contributed by atoms with Gasteiger partial charge in [0.25, 0.3) is 0 Å². The number of aromatic nitrogens is 1.